The average molecular weight is 212 g/mol. The summed E-state index contributed by atoms with van der Waals surface area (Å²) >= 11 is 0. The lowest BCUT2D eigenvalue weighted by atomic mass is 9.96. The van der Waals surface area contributed by atoms with Crippen LogP contribution in [0.2, 0.25) is 0 Å². The van der Waals surface area contributed by atoms with Crippen LogP contribution in [0.25, 0.3) is 11.1 Å². The standard InChI is InChI=1S/C15H16O/c1-10-5-4-6-13(7-10)14-8-11(2)9-15(16)12(14)3/h4-9,16H,1-3H3. The molecule has 0 unspecified atom stereocenters. The first-order chi connectivity index (χ1) is 7.58. The summed E-state index contributed by atoms with van der Waals surface area (Å²) in [6.07, 6.45) is 0. The maximum absolute atomic E-state index is 9.81. The van der Waals surface area contributed by atoms with Crippen molar-refractivity contribution in [3.63, 3.8) is 0 Å². The number of benzene rings is 2. The molecular formula is C15H16O. The molecule has 0 saturated heterocycles. The van der Waals surface area contributed by atoms with Crippen molar-refractivity contribution in [1.29, 1.82) is 0 Å². The first-order valence-electron chi connectivity index (χ1n) is 5.45. The Labute approximate surface area is 96.4 Å². The Morgan fingerprint density at radius 1 is 0.875 bits per heavy atom. The molecule has 0 spiro atoms. The second-order valence-electron chi connectivity index (χ2n) is 4.33. The molecule has 0 bridgehead atoms. The van der Waals surface area contributed by atoms with Crippen molar-refractivity contribution in [2.45, 2.75) is 20.8 Å². The molecule has 2 aromatic carbocycles. The van der Waals surface area contributed by atoms with Gasteiger partial charge in [-0.15, -0.1) is 0 Å². The fourth-order valence-electron chi connectivity index (χ4n) is 1.95. The number of aryl methyl sites for hydroxylation is 2. The van der Waals surface area contributed by atoms with E-state index < -0.39 is 0 Å². The Morgan fingerprint density at radius 2 is 1.62 bits per heavy atom. The van der Waals surface area contributed by atoms with Gasteiger partial charge in [0.25, 0.3) is 0 Å². The molecule has 2 rings (SSSR count). The highest BCUT2D eigenvalue weighted by Gasteiger charge is 2.06. The van der Waals surface area contributed by atoms with Gasteiger partial charge in [-0.25, -0.2) is 0 Å². The molecule has 1 heteroatoms. The van der Waals surface area contributed by atoms with E-state index in [-0.39, 0.29) is 0 Å². The van der Waals surface area contributed by atoms with Gasteiger partial charge in [0.05, 0.1) is 0 Å². The summed E-state index contributed by atoms with van der Waals surface area (Å²) < 4.78 is 0. The first kappa shape index (κ1) is 10.7. The molecule has 0 amide bonds. The van der Waals surface area contributed by atoms with Crippen LogP contribution in [0.3, 0.4) is 0 Å². The molecule has 1 N–H and O–H groups in total. The molecule has 0 aliphatic carbocycles. The maximum Gasteiger partial charge on any atom is 0.119 e. The lowest BCUT2D eigenvalue weighted by molar-refractivity contribution is 0.471. The average Bonchev–Trinajstić information content (AvgIpc) is 2.23. The van der Waals surface area contributed by atoms with E-state index in [1.807, 2.05) is 19.9 Å². The van der Waals surface area contributed by atoms with E-state index in [1.54, 1.807) is 6.07 Å². The Hall–Kier alpha value is -1.76. The van der Waals surface area contributed by atoms with Crippen LogP contribution in [0, 0.1) is 20.8 Å². The van der Waals surface area contributed by atoms with E-state index in [0.29, 0.717) is 5.75 Å². The molecule has 0 saturated carbocycles. The van der Waals surface area contributed by atoms with Crippen molar-refractivity contribution in [3.8, 4) is 16.9 Å². The third-order valence-corrected chi connectivity index (χ3v) is 2.85. The van der Waals surface area contributed by atoms with Crippen molar-refractivity contribution in [2.24, 2.45) is 0 Å². The summed E-state index contributed by atoms with van der Waals surface area (Å²) in [6.45, 7) is 6.03. The van der Waals surface area contributed by atoms with Gasteiger partial charge in [0, 0.05) is 0 Å². The molecular weight excluding hydrogens is 196 g/mol. The third-order valence-electron chi connectivity index (χ3n) is 2.85. The van der Waals surface area contributed by atoms with Gasteiger partial charge in [-0.3, -0.25) is 0 Å². The van der Waals surface area contributed by atoms with Gasteiger partial charge in [-0.1, -0.05) is 35.9 Å². The normalized spacial score (nSPS) is 10.4. The minimum Gasteiger partial charge on any atom is -0.508 e. The zero-order valence-electron chi connectivity index (χ0n) is 9.91. The fourth-order valence-corrected chi connectivity index (χ4v) is 1.95. The number of phenols is 1. The number of phenolic OH excluding ortho intramolecular Hbond substituents is 1. The molecule has 0 aliphatic rings. The largest absolute Gasteiger partial charge is 0.508 e. The molecule has 0 radical (unpaired) electrons. The molecule has 0 aliphatic heterocycles. The topological polar surface area (TPSA) is 20.2 Å². The predicted molar refractivity (Wildman–Crippen MR) is 67.8 cm³/mol. The van der Waals surface area contributed by atoms with Gasteiger partial charge in [-0.2, -0.15) is 0 Å². The molecule has 82 valence electrons. The Bertz CT molecular complexity index is 527. The van der Waals surface area contributed by atoms with Gasteiger partial charge >= 0.3 is 0 Å². The van der Waals surface area contributed by atoms with Crippen LogP contribution in [-0.2, 0) is 0 Å². The molecule has 0 atom stereocenters. The highest BCUT2D eigenvalue weighted by Crippen LogP contribution is 2.31. The van der Waals surface area contributed by atoms with E-state index in [9.17, 15) is 5.11 Å². The molecule has 0 aromatic heterocycles. The molecule has 16 heavy (non-hydrogen) atoms. The molecule has 1 nitrogen and oxygen atoms in total. The fraction of sp³-hybridized carbons (Fsp3) is 0.200. The van der Waals surface area contributed by atoms with Crippen LogP contribution < -0.4 is 0 Å². The highest BCUT2D eigenvalue weighted by atomic mass is 16.3. The van der Waals surface area contributed by atoms with Crippen LogP contribution in [0.1, 0.15) is 16.7 Å². The van der Waals surface area contributed by atoms with Crippen LogP contribution >= 0.6 is 0 Å². The van der Waals surface area contributed by atoms with Crippen molar-refractivity contribution in [1.82, 2.24) is 0 Å². The predicted octanol–water partition coefficient (Wildman–Crippen LogP) is 3.98. The van der Waals surface area contributed by atoms with E-state index in [1.165, 1.54) is 5.56 Å². The zero-order valence-corrected chi connectivity index (χ0v) is 9.91. The van der Waals surface area contributed by atoms with Crippen molar-refractivity contribution in [3.05, 3.63) is 53.1 Å². The number of hydrogen-bond donors (Lipinski definition) is 1. The van der Waals surface area contributed by atoms with Crippen LogP contribution in [0.5, 0.6) is 5.75 Å². The number of rotatable bonds is 1. The van der Waals surface area contributed by atoms with E-state index >= 15 is 0 Å². The first-order valence-corrected chi connectivity index (χ1v) is 5.45. The number of hydrogen-bond acceptors (Lipinski definition) is 1. The minimum absolute atomic E-state index is 0.372. The van der Waals surface area contributed by atoms with Gasteiger partial charge in [0.15, 0.2) is 0 Å². The SMILES string of the molecule is Cc1cccc(-c2cc(C)cc(O)c2C)c1. The van der Waals surface area contributed by atoms with Gasteiger partial charge in [0.2, 0.25) is 0 Å². The maximum atomic E-state index is 9.81. The van der Waals surface area contributed by atoms with Crippen molar-refractivity contribution in [2.75, 3.05) is 0 Å². The van der Waals surface area contributed by atoms with Crippen LogP contribution in [-0.4, -0.2) is 5.11 Å². The van der Waals surface area contributed by atoms with Gasteiger partial charge in [-0.05, 0) is 49.1 Å². The monoisotopic (exact) mass is 212 g/mol. The second-order valence-corrected chi connectivity index (χ2v) is 4.33. The summed E-state index contributed by atoms with van der Waals surface area (Å²) in [5.74, 6) is 0.372. The van der Waals surface area contributed by atoms with Gasteiger partial charge in [0.1, 0.15) is 5.75 Å². The molecule has 2 aromatic rings. The lowest BCUT2D eigenvalue weighted by Gasteiger charge is -2.10. The zero-order chi connectivity index (χ0) is 11.7. The second kappa shape index (κ2) is 4.01. The summed E-state index contributed by atoms with van der Waals surface area (Å²) in [5, 5.41) is 9.81. The Morgan fingerprint density at radius 3 is 2.31 bits per heavy atom. The smallest absolute Gasteiger partial charge is 0.119 e. The van der Waals surface area contributed by atoms with E-state index in [0.717, 1.165) is 22.3 Å². The highest BCUT2D eigenvalue weighted by molar-refractivity contribution is 5.71. The summed E-state index contributed by atoms with van der Waals surface area (Å²) in [4.78, 5) is 0. The van der Waals surface area contributed by atoms with Gasteiger partial charge < -0.3 is 5.11 Å². The minimum atomic E-state index is 0.372. The van der Waals surface area contributed by atoms with Crippen LogP contribution in [0.4, 0.5) is 0 Å². The van der Waals surface area contributed by atoms with Crippen molar-refractivity contribution < 1.29 is 5.11 Å². The third kappa shape index (κ3) is 1.94. The summed E-state index contributed by atoms with van der Waals surface area (Å²) in [7, 11) is 0. The Kier molecular flexibility index (Phi) is 2.69. The van der Waals surface area contributed by atoms with Crippen LogP contribution in [0.15, 0.2) is 36.4 Å². The molecule has 0 fully saturated rings. The van der Waals surface area contributed by atoms with Crippen molar-refractivity contribution >= 4 is 0 Å². The Balaban J connectivity index is 2.64. The van der Waals surface area contributed by atoms with E-state index in [4.69, 9.17) is 0 Å². The van der Waals surface area contributed by atoms with E-state index in [2.05, 4.69) is 31.2 Å². The summed E-state index contributed by atoms with van der Waals surface area (Å²) in [5.41, 5.74) is 5.53. The molecule has 0 heterocycles. The lowest BCUT2D eigenvalue weighted by Crippen LogP contribution is -1.87. The quantitative estimate of drug-likeness (QED) is 0.758. The summed E-state index contributed by atoms with van der Waals surface area (Å²) in [6, 6.07) is 12.3. The number of aromatic hydroxyl groups is 1.